The summed E-state index contributed by atoms with van der Waals surface area (Å²) in [7, 11) is 2.25. The molecule has 0 aromatic heterocycles. The van der Waals surface area contributed by atoms with Crippen molar-refractivity contribution >= 4 is 5.69 Å². The van der Waals surface area contributed by atoms with E-state index in [1.807, 2.05) is 0 Å². The van der Waals surface area contributed by atoms with Crippen LogP contribution in [0.1, 0.15) is 45.1 Å². The van der Waals surface area contributed by atoms with Crippen LogP contribution < -0.4 is 5.32 Å². The van der Waals surface area contributed by atoms with Gasteiger partial charge in [0.05, 0.1) is 0 Å². The summed E-state index contributed by atoms with van der Waals surface area (Å²) in [6.45, 7) is 9.19. The number of rotatable bonds is 5. The van der Waals surface area contributed by atoms with Crippen molar-refractivity contribution in [3.8, 4) is 0 Å². The Kier molecular flexibility index (Phi) is 3.96. The molecule has 2 rings (SSSR count). The summed E-state index contributed by atoms with van der Waals surface area (Å²) < 4.78 is 0. The van der Waals surface area contributed by atoms with E-state index in [-0.39, 0.29) is 0 Å². The first-order chi connectivity index (χ1) is 8.54. The molecule has 2 nitrogen and oxygen atoms in total. The lowest BCUT2D eigenvalue weighted by Crippen LogP contribution is -2.41. The number of anilines is 1. The number of hydrogen-bond donors (Lipinski definition) is 1. The highest BCUT2D eigenvalue weighted by Crippen LogP contribution is 2.33. The van der Waals surface area contributed by atoms with Crippen LogP contribution >= 0.6 is 0 Å². The highest BCUT2D eigenvalue weighted by molar-refractivity contribution is 5.57. The second-order valence-electron chi connectivity index (χ2n) is 6.04. The van der Waals surface area contributed by atoms with Crippen molar-refractivity contribution in [2.75, 3.05) is 25.5 Å². The Morgan fingerprint density at radius 2 is 2.06 bits per heavy atom. The van der Waals surface area contributed by atoms with Gasteiger partial charge in [-0.15, -0.1) is 0 Å². The topological polar surface area (TPSA) is 15.3 Å². The quantitative estimate of drug-likeness (QED) is 0.852. The maximum Gasteiger partial charge on any atom is 0.0376 e. The normalized spacial score (nSPS) is 18.8. The molecule has 18 heavy (non-hydrogen) atoms. The lowest BCUT2D eigenvalue weighted by Gasteiger charge is -2.35. The minimum absolute atomic E-state index is 0.311. The van der Waals surface area contributed by atoms with Gasteiger partial charge in [-0.3, -0.25) is 0 Å². The van der Waals surface area contributed by atoms with Crippen LogP contribution in [-0.2, 0) is 0 Å². The monoisotopic (exact) mass is 246 g/mol. The number of nitrogens with one attached hydrogen (secondary N) is 1. The van der Waals surface area contributed by atoms with Gasteiger partial charge >= 0.3 is 0 Å². The molecule has 0 saturated heterocycles. The zero-order chi connectivity index (χ0) is 13.2. The molecular formula is C16H26N2. The molecule has 0 radical (unpaired) electrons. The van der Waals surface area contributed by atoms with Crippen molar-refractivity contribution in [3.63, 3.8) is 0 Å². The van der Waals surface area contributed by atoms with Crippen LogP contribution in [0, 0.1) is 0 Å². The maximum atomic E-state index is 3.51. The summed E-state index contributed by atoms with van der Waals surface area (Å²) >= 11 is 0. The van der Waals surface area contributed by atoms with E-state index in [1.54, 1.807) is 0 Å². The Morgan fingerprint density at radius 3 is 2.78 bits per heavy atom. The molecule has 1 heterocycles. The second-order valence-corrected chi connectivity index (χ2v) is 6.04. The van der Waals surface area contributed by atoms with E-state index in [2.05, 4.69) is 62.3 Å². The zero-order valence-corrected chi connectivity index (χ0v) is 12.2. The molecule has 1 aliphatic rings. The van der Waals surface area contributed by atoms with E-state index in [9.17, 15) is 0 Å². The molecule has 1 unspecified atom stereocenters. The number of hydrogen-bond acceptors (Lipinski definition) is 2. The SMILES string of the molecule is CCC(C)(C)N(C)CCC1CNc2ccccc21. The van der Waals surface area contributed by atoms with E-state index in [0.717, 1.165) is 6.54 Å². The molecule has 0 saturated carbocycles. The average molecular weight is 246 g/mol. The molecule has 0 amide bonds. The van der Waals surface area contributed by atoms with Gasteiger partial charge < -0.3 is 10.2 Å². The third-order valence-corrected chi connectivity index (χ3v) is 4.65. The first kappa shape index (κ1) is 13.4. The van der Waals surface area contributed by atoms with Crippen molar-refractivity contribution in [3.05, 3.63) is 29.8 Å². The van der Waals surface area contributed by atoms with E-state index in [0.29, 0.717) is 11.5 Å². The van der Waals surface area contributed by atoms with Crippen LogP contribution in [-0.4, -0.2) is 30.6 Å². The molecule has 1 atom stereocenters. The minimum atomic E-state index is 0.311. The molecule has 0 fully saturated rings. The highest BCUT2D eigenvalue weighted by Gasteiger charge is 2.25. The fraction of sp³-hybridized carbons (Fsp3) is 0.625. The summed E-state index contributed by atoms with van der Waals surface area (Å²) in [5.41, 5.74) is 3.14. The standard InChI is InChI=1S/C16H26N2/c1-5-16(2,3)18(4)11-10-13-12-17-15-9-7-6-8-14(13)15/h6-9,13,17H,5,10-12H2,1-4H3. The van der Waals surface area contributed by atoms with Crippen molar-refractivity contribution in [1.29, 1.82) is 0 Å². The van der Waals surface area contributed by atoms with Gasteiger partial charge in [0, 0.05) is 23.7 Å². The van der Waals surface area contributed by atoms with Crippen LogP contribution in [0.3, 0.4) is 0 Å². The Bertz CT molecular complexity index is 398. The second kappa shape index (κ2) is 5.31. The number of nitrogens with zero attached hydrogens (tertiary/aromatic N) is 1. The Morgan fingerprint density at radius 1 is 1.33 bits per heavy atom. The molecule has 1 aromatic rings. The summed E-state index contributed by atoms with van der Waals surface area (Å²) in [6, 6.07) is 8.72. The third kappa shape index (κ3) is 2.69. The lowest BCUT2D eigenvalue weighted by atomic mass is 9.95. The van der Waals surface area contributed by atoms with Gasteiger partial charge in [-0.1, -0.05) is 25.1 Å². The Labute approximate surface area is 111 Å². The maximum absolute atomic E-state index is 3.51. The predicted octanol–water partition coefficient (Wildman–Crippen LogP) is 3.71. The van der Waals surface area contributed by atoms with Gasteiger partial charge in [-0.25, -0.2) is 0 Å². The number of fused-ring (bicyclic) bond motifs is 1. The van der Waals surface area contributed by atoms with Gasteiger partial charge in [-0.2, -0.15) is 0 Å². The molecule has 0 aliphatic carbocycles. The van der Waals surface area contributed by atoms with E-state index in [4.69, 9.17) is 0 Å². The van der Waals surface area contributed by atoms with Crippen molar-refractivity contribution in [1.82, 2.24) is 4.90 Å². The smallest absolute Gasteiger partial charge is 0.0376 e. The van der Waals surface area contributed by atoms with Gasteiger partial charge in [0.15, 0.2) is 0 Å². The van der Waals surface area contributed by atoms with Gasteiger partial charge in [0.1, 0.15) is 0 Å². The molecule has 1 aromatic carbocycles. The number of para-hydroxylation sites is 1. The molecule has 2 heteroatoms. The van der Waals surface area contributed by atoms with E-state index >= 15 is 0 Å². The zero-order valence-electron chi connectivity index (χ0n) is 12.2. The molecule has 0 spiro atoms. The van der Waals surface area contributed by atoms with Crippen LogP contribution in [0.2, 0.25) is 0 Å². The van der Waals surface area contributed by atoms with Crippen LogP contribution in [0.4, 0.5) is 5.69 Å². The number of benzene rings is 1. The molecule has 0 bridgehead atoms. The largest absolute Gasteiger partial charge is 0.384 e. The summed E-state index contributed by atoms with van der Waals surface area (Å²) in [6.07, 6.45) is 2.44. The fourth-order valence-corrected chi connectivity index (χ4v) is 2.54. The van der Waals surface area contributed by atoms with Crippen LogP contribution in [0.15, 0.2) is 24.3 Å². The molecule has 100 valence electrons. The fourth-order valence-electron chi connectivity index (χ4n) is 2.54. The van der Waals surface area contributed by atoms with Gasteiger partial charge in [0.25, 0.3) is 0 Å². The van der Waals surface area contributed by atoms with Crippen molar-refractivity contribution < 1.29 is 0 Å². The van der Waals surface area contributed by atoms with Crippen LogP contribution in [0.25, 0.3) is 0 Å². The summed E-state index contributed by atoms with van der Waals surface area (Å²) in [4.78, 5) is 2.49. The van der Waals surface area contributed by atoms with E-state index < -0.39 is 0 Å². The Balaban J connectivity index is 1.93. The predicted molar refractivity (Wildman–Crippen MR) is 79.3 cm³/mol. The molecule has 1 N–H and O–H groups in total. The molecular weight excluding hydrogens is 220 g/mol. The molecule has 1 aliphatic heterocycles. The van der Waals surface area contributed by atoms with Crippen LogP contribution in [0.5, 0.6) is 0 Å². The van der Waals surface area contributed by atoms with E-state index in [1.165, 1.54) is 30.6 Å². The average Bonchev–Trinajstić information content (AvgIpc) is 2.79. The summed E-state index contributed by atoms with van der Waals surface area (Å²) in [5, 5.41) is 3.51. The van der Waals surface area contributed by atoms with Crippen molar-refractivity contribution in [2.24, 2.45) is 0 Å². The lowest BCUT2D eigenvalue weighted by molar-refractivity contribution is 0.147. The van der Waals surface area contributed by atoms with Gasteiger partial charge in [0.2, 0.25) is 0 Å². The van der Waals surface area contributed by atoms with Gasteiger partial charge in [-0.05, 0) is 51.9 Å². The first-order valence-corrected chi connectivity index (χ1v) is 7.08. The summed E-state index contributed by atoms with van der Waals surface area (Å²) in [5.74, 6) is 0.677. The minimum Gasteiger partial charge on any atom is -0.384 e. The first-order valence-electron chi connectivity index (χ1n) is 7.08. The Hall–Kier alpha value is -1.02. The highest BCUT2D eigenvalue weighted by atomic mass is 15.2. The third-order valence-electron chi connectivity index (χ3n) is 4.65. The van der Waals surface area contributed by atoms with Crippen molar-refractivity contribution in [2.45, 2.75) is 45.1 Å².